The van der Waals surface area contributed by atoms with Crippen LogP contribution in [0, 0.1) is 12.8 Å². The number of anilines is 1. The van der Waals surface area contributed by atoms with Gasteiger partial charge in [-0.15, -0.1) is 6.58 Å². The average Bonchev–Trinajstić information content (AvgIpc) is 2.93. The Labute approximate surface area is 105 Å². The average molecular weight is 241 g/mol. The zero-order chi connectivity index (χ0) is 12.7. The molecule has 2 heterocycles. The molecule has 0 radical (unpaired) electrons. The molecule has 18 heavy (non-hydrogen) atoms. The van der Waals surface area contributed by atoms with Crippen LogP contribution in [0.1, 0.15) is 12.1 Å². The molecule has 1 aliphatic rings. The Balaban J connectivity index is 1.99. The minimum absolute atomic E-state index is 0.159. The number of aromatic nitrogens is 2. The molecule has 1 aromatic carbocycles. The standard InChI is InChI=1S/C14H15N3O/c1-3-10-6-14(18)17(8-10)11-4-5-12-9(2)15-16-13(12)7-11/h3-5,7,10H,1,6,8H2,2H3,(H,15,16). The maximum atomic E-state index is 11.9. The van der Waals surface area contributed by atoms with Gasteiger partial charge in [0, 0.05) is 35.7 Å². The van der Waals surface area contributed by atoms with Gasteiger partial charge in [0.1, 0.15) is 0 Å². The normalized spacial score (nSPS) is 19.7. The second-order valence-electron chi connectivity index (χ2n) is 4.75. The van der Waals surface area contributed by atoms with Gasteiger partial charge in [0.2, 0.25) is 5.91 Å². The largest absolute Gasteiger partial charge is 0.312 e. The van der Waals surface area contributed by atoms with Crippen molar-refractivity contribution in [3.63, 3.8) is 0 Å². The second kappa shape index (κ2) is 3.98. The van der Waals surface area contributed by atoms with Gasteiger partial charge in [-0.25, -0.2) is 0 Å². The molecular weight excluding hydrogens is 226 g/mol. The predicted octanol–water partition coefficient (Wildman–Crippen LogP) is 2.41. The third-order valence-electron chi connectivity index (χ3n) is 3.53. The molecule has 0 saturated carbocycles. The molecule has 4 nitrogen and oxygen atoms in total. The summed E-state index contributed by atoms with van der Waals surface area (Å²) in [5, 5.41) is 8.29. The summed E-state index contributed by atoms with van der Waals surface area (Å²) in [6, 6.07) is 5.95. The second-order valence-corrected chi connectivity index (χ2v) is 4.75. The molecule has 1 atom stereocenters. The molecule has 2 aromatic rings. The van der Waals surface area contributed by atoms with Crippen molar-refractivity contribution in [3.05, 3.63) is 36.5 Å². The molecule has 0 spiro atoms. The maximum absolute atomic E-state index is 11.9. The molecule has 1 N–H and O–H groups in total. The number of fused-ring (bicyclic) bond motifs is 1. The number of hydrogen-bond donors (Lipinski definition) is 1. The molecule has 1 aliphatic heterocycles. The van der Waals surface area contributed by atoms with E-state index in [4.69, 9.17) is 0 Å². The van der Waals surface area contributed by atoms with Gasteiger partial charge in [-0.2, -0.15) is 5.10 Å². The molecule has 1 saturated heterocycles. The highest BCUT2D eigenvalue weighted by Crippen LogP contribution is 2.28. The molecule has 4 heteroatoms. The van der Waals surface area contributed by atoms with E-state index in [2.05, 4.69) is 16.8 Å². The molecule has 0 aliphatic carbocycles. The lowest BCUT2D eigenvalue weighted by atomic mass is 10.1. The van der Waals surface area contributed by atoms with E-state index in [1.54, 1.807) is 0 Å². The lowest BCUT2D eigenvalue weighted by molar-refractivity contribution is -0.117. The van der Waals surface area contributed by atoms with Crippen LogP contribution in [0.4, 0.5) is 5.69 Å². The number of aromatic amines is 1. The van der Waals surface area contributed by atoms with E-state index >= 15 is 0 Å². The lowest BCUT2D eigenvalue weighted by Crippen LogP contribution is -2.24. The van der Waals surface area contributed by atoms with E-state index in [1.807, 2.05) is 36.1 Å². The number of rotatable bonds is 2. The van der Waals surface area contributed by atoms with Crippen LogP contribution in [-0.2, 0) is 4.79 Å². The van der Waals surface area contributed by atoms with Gasteiger partial charge < -0.3 is 4.90 Å². The molecule has 1 fully saturated rings. The number of nitrogens with zero attached hydrogens (tertiary/aromatic N) is 2. The fourth-order valence-corrected chi connectivity index (χ4v) is 2.44. The number of benzene rings is 1. The van der Waals surface area contributed by atoms with E-state index in [9.17, 15) is 4.79 Å². The van der Waals surface area contributed by atoms with E-state index in [0.29, 0.717) is 6.42 Å². The minimum Gasteiger partial charge on any atom is -0.312 e. The van der Waals surface area contributed by atoms with Crippen LogP contribution >= 0.6 is 0 Å². The number of carbonyl (C=O) groups is 1. The lowest BCUT2D eigenvalue weighted by Gasteiger charge is -2.16. The number of hydrogen-bond acceptors (Lipinski definition) is 2. The molecule has 92 valence electrons. The minimum atomic E-state index is 0.159. The zero-order valence-electron chi connectivity index (χ0n) is 10.3. The molecular formula is C14H15N3O. The highest BCUT2D eigenvalue weighted by Gasteiger charge is 2.28. The first-order valence-electron chi connectivity index (χ1n) is 6.06. The van der Waals surface area contributed by atoms with Crippen molar-refractivity contribution in [1.29, 1.82) is 0 Å². The van der Waals surface area contributed by atoms with Crippen molar-refractivity contribution in [1.82, 2.24) is 10.2 Å². The Hall–Kier alpha value is -2.10. The Bertz CT molecular complexity index is 629. The van der Waals surface area contributed by atoms with Gasteiger partial charge in [-0.3, -0.25) is 9.89 Å². The Kier molecular flexibility index (Phi) is 2.44. The SMILES string of the molecule is C=CC1CC(=O)N(c2ccc3c(C)[nH]nc3c2)C1. The van der Waals surface area contributed by atoms with Crippen LogP contribution in [0.2, 0.25) is 0 Å². The highest BCUT2D eigenvalue weighted by atomic mass is 16.2. The van der Waals surface area contributed by atoms with Crippen molar-refractivity contribution in [2.75, 3.05) is 11.4 Å². The maximum Gasteiger partial charge on any atom is 0.227 e. The third-order valence-corrected chi connectivity index (χ3v) is 3.53. The Morgan fingerprint density at radius 3 is 3.11 bits per heavy atom. The highest BCUT2D eigenvalue weighted by molar-refractivity contribution is 5.98. The fourth-order valence-electron chi connectivity index (χ4n) is 2.44. The number of amides is 1. The summed E-state index contributed by atoms with van der Waals surface area (Å²) in [4.78, 5) is 13.8. The number of aryl methyl sites for hydroxylation is 1. The summed E-state index contributed by atoms with van der Waals surface area (Å²) in [6.07, 6.45) is 2.41. The third kappa shape index (κ3) is 1.61. The number of H-pyrrole nitrogens is 1. The first-order chi connectivity index (χ1) is 8.69. The fraction of sp³-hybridized carbons (Fsp3) is 0.286. The van der Waals surface area contributed by atoms with Crippen LogP contribution in [0.25, 0.3) is 10.9 Å². The zero-order valence-corrected chi connectivity index (χ0v) is 10.3. The number of nitrogens with one attached hydrogen (secondary N) is 1. The van der Waals surface area contributed by atoms with Gasteiger partial charge in [-0.1, -0.05) is 6.08 Å². The van der Waals surface area contributed by atoms with Gasteiger partial charge in [0.05, 0.1) is 5.52 Å². The van der Waals surface area contributed by atoms with Crippen molar-refractivity contribution in [2.24, 2.45) is 5.92 Å². The van der Waals surface area contributed by atoms with Gasteiger partial charge >= 0.3 is 0 Å². The van der Waals surface area contributed by atoms with Crippen molar-refractivity contribution in [3.8, 4) is 0 Å². The Morgan fingerprint density at radius 2 is 2.39 bits per heavy atom. The molecule has 1 aromatic heterocycles. The molecule has 3 rings (SSSR count). The molecule has 1 amide bonds. The summed E-state index contributed by atoms with van der Waals surface area (Å²) in [7, 11) is 0. The van der Waals surface area contributed by atoms with Gasteiger partial charge in [-0.05, 0) is 25.1 Å². The van der Waals surface area contributed by atoms with E-state index < -0.39 is 0 Å². The summed E-state index contributed by atoms with van der Waals surface area (Å²) < 4.78 is 0. The van der Waals surface area contributed by atoms with Crippen LogP contribution < -0.4 is 4.90 Å². The summed E-state index contributed by atoms with van der Waals surface area (Å²) in [5.74, 6) is 0.417. The summed E-state index contributed by atoms with van der Waals surface area (Å²) in [6.45, 7) is 6.47. The smallest absolute Gasteiger partial charge is 0.227 e. The van der Waals surface area contributed by atoms with Gasteiger partial charge in [0.15, 0.2) is 0 Å². The van der Waals surface area contributed by atoms with Crippen LogP contribution in [-0.4, -0.2) is 22.6 Å². The molecule has 0 bridgehead atoms. The van der Waals surface area contributed by atoms with Crippen molar-refractivity contribution in [2.45, 2.75) is 13.3 Å². The van der Waals surface area contributed by atoms with E-state index in [-0.39, 0.29) is 11.8 Å². The van der Waals surface area contributed by atoms with Crippen molar-refractivity contribution < 1.29 is 4.79 Å². The first-order valence-corrected chi connectivity index (χ1v) is 6.06. The van der Waals surface area contributed by atoms with E-state index in [0.717, 1.165) is 28.8 Å². The summed E-state index contributed by atoms with van der Waals surface area (Å²) in [5.41, 5.74) is 2.87. The van der Waals surface area contributed by atoms with Crippen LogP contribution in [0.3, 0.4) is 0 Å². The summed E-state index contributed by atoms with van der Waals surface area (Å²) >= 11 is 0. The quantitative estimate of drug-likeness (QED) is 0.821. The first kappa shape index (κ1) is 11.0. The Morgan fingerprint density at radius 1 is 1.56 bits per heavy atom. The van der Waals surface area contributed by atoms with E-state index in [1.165, 1.54) is 0 Å². The topological polar surface area (TPSA) is 49.0 Å². The van der Waals surface area contributed by atoms with Crippen LogP contribution in [0.5, 0.6) is 0 Å². The number of carbonyl (C=O) groups excluding carboxylic acids is 1. The predicted molar refractivity (Wildman–Crippen MR) is 71.5 cm³/mol. The molecule has 1 unspecified atom stereocenters. The monoisotopic (exact) mass is 241 g/mol. The van der Waals surface area contributed by atoms with Gasteiger partial charge in [0.25, 0.3) is 0 Å². The van der Waals surface area contributed by atoms with Crippen LogP contribution in [0.15, 0.2) is 30.9 Å². The van der Waals surface area contributed by atoms with Crippen molar-refractivity contribution >= 4 is 22.5 Å².